The lowest BCUT2D eigenvalue weighted by molar-refractivity contribution is -0.119. The fourth-order valence-electron chi connectivity index (χ4n) is 1.76. The van der Waals surface area contributed by atoms with Gasteiger partial charge in [0.15, 0.2) is 0 Å². The maximum absolute atomic E-state index is 13.0. The van der Waals surface area contributed by atoms with Gasteiger partial charge in [-0.15, -0.1) is 12.4 Å². The van der Waals surface area contributed by atoms with Crippen LogP contribution < -0.4 is 11.1 Å². The van der Waals surface area contributed by atoms with Crippen LogP contribution in [-0.4, -0.2) is 49.7 Å². The number of likely N-dealkylation sites (N-methyl/N-ethyl adjacent to an activating group) is 1. The molecule has 4 nitrogen and oxygen atoms in total. The summed E-state index contributed by atoms with van der Waals surface area (Å²) >= 11 is 0. The van der Waals surface area contributed by atoms with Crippen molar-refractivity contribution in [1.82, 2.24) is 10.2 Å². The molecule has 1 heterocycles. The zero-order valence-electron chi connectivity index (χ0n) is 8.20. The third kappa shape index (κ3) is 3.77. The molecular weight excluding hydrogens is 209 g/mol. The van der Waals surface area contributed by atoms with Crippen molar-refractivity contribution in [2.45, 2.75) is 18.6 Å². The van der Waals surface area contributed by atoms with Crippen LogP contribution >= 0.6 is 12.4 Å². The first kappa shape index (κ1) is 13.6. The van der Waals surface area contributed by atoms with Crippen molar-refractivity contribution in [1.29, 1.82) is 0 Å². The number of nitrogens with two attached hydrogens (primary N) is 1. The summed E-state index contributed by atoms with van der Waals surface area (Å²) in [7, 11) is 1.81. The van der Waals surface area contributed by atoms with Crippen LogP contribution in [0.5, 0.6) is 0 Å². The van der Waals surface area contributed by atoms with Crippen molar-refractivity contribution in [2.24, 2.45) is 5.73 Å². The highest BCUT2D eigenvalue weighted by Crippen LogP contribution is 2.18. The average Bonchev–Trinajstić information content (AvgIpc) is 2.31. The number of amides is 1. The third-order valence-corrected chi connectivity index (χ3v) is 2.28. The predicted molar refractivity (Wildman–Crippen MR) is 55.2 cm³/mol. The van der Waals surface area contributed by atoms with Gasteiger partial charge in [-0.25, -0.2) is 4.39 Å². The lowest BCUT2D eigenvalue weighted by Crippen LogP contribution is -2.41. The smallest absolute Gasteiger partial charge is 0.231 e. The van der Waals surface area contributed by atoms with E-state index in [1.165, 1.54) is 0 Å². The third-order valence-electron chi connectivity index (χ3n) is 2.28. The van der Waals surface area contributed by atoms with Gasteiger partial charge in [0, 0.05) is 19.1 Å². The molecule has 1 saturated heterocycles. The zero-order valence-corrected chi connectivity index (χ0v) is 9.02. The van der Waals surface area contributed by atoms with Crippen molar-refractivity contribution in [3.63, 3.8) is 0 Å². The summed E-state index contributed by atoms with van der Waals surface area (Å²) in [6.45, 7) is 1.19. The molecule has 0 aliphatic carbocycles. The SMILES string of the molecule is CNC[C@@H]1C[C@H](F)CN1CC(N)=O.Cl. The monoisotopic (exact) mass is 225 g/mol. The standard InChI is InChI=1S/C8H16FN3O.ClH/c1-11-3-7-2-6(9)4-12(7)5-8(10)13;/h6-7,11H,2-5H2,1H3,(H2,10,13);1H/t6-,7-;/m0./s1. The molecule has 0 spiro atoms. The van der Waals surface area contributed by atoms with E-state index in [2.05, 4.69) is 5.32 Å². The number of carbonyl (C=O) groups is 1. The van der Waals surface area contributed by atoms with Crippen LogP contribution in [0, 0.1) is 0 Å². The van der Waals surface area contributed by atoms with Gasteiger partial charge in [-0.2, -0.15) is 0 Å². The highest BCUT2D eigenvalue weighted by atomic mass is 35.5. The van der Waals surface area contributed by atoms with E-state index in [0.29, 0.717) is 19.5 Å². The molecule has 1 fully saturated rings. The van der Waals surface area contributed by atoms with E-state index < -0.39 is 12.1 Å². The van der Waals surface area contributed by atoms with Gasteiger partial charge in [-0.05, 0) is 13.5 Å². The fraction of sp³-hybridized carbons (Fsp3) is 0.875. The number of hydrogen-bond acceptors (Lipinski definition) is 3. The Bertz CT molecular complexity index is 193. The Kier molecular flexibility index (Phi) is 5.99. The number of rotatable bonds is 4. The molecule has 0 aromatic rings. The van der Waals surface area contributed by atoms with Crippen molar-refractivity contribution < 1.29 is 9.18 Å². The van der Waals surface area contributed by atoms with Crippen molar-refractivity contribution >= 4 is 18.3 Å². The number of alkyl halides is 1. The molecule has 0 radical (unpaired) electrons. The molecule has 2 atom stereocenters. The van der Waals surface area contributed by atoms with E-state index in [0.717, 1.165) is 0 Å². The second-order valence-electron chi connectivity index (χ2n) is 3.44. The zero-order chi connectivity index (χ0) is 9.84. The normalized spacial score (nSPS) is 27.3. The second kappa shape index (κ2) is 6.16. The molecule has 14 heavy (non-hydrogen) atoms. The van der Waals surface area contributed by atoms with E-state index >= 15 is 0 Å². The first-order chi connectivity index (χ1) is 6.13. The Morgan fingerprint density at radius 2 is 2.36 bits per heavy atom. The number of primary amides is 1. The van der Waals surface area contributed by atoms with Crippen molar-refractivity contribution in [2.75, 3.05) is 26.7 Å². The lowest BCUT2D eigenvalue weighted by Gasteiger charge is -2.21. The summed E-state index contributed by atoms with van der Waals surface area (Å²) in [4.78, 5) is 12.4. The summed E-state index contributed by atoms with van der Waals surface area (Å²) < 4.78 is 13.0. The van der Waals surface area contributed by atoms with Crippen LogP contribution in [0.25, 0.3) is 0 Å². The van der Waals surface area contributed by atoms with Crippen LogP contribution in [0.15, 0.2) is 0 Å². The lowest BCUT2D eigenvalue weighted by atomic mass is 10.2. The number of likely N-dealkylation sites (tertiary alicyclic amines) is 1. The molecular formula is C8H17ClFN3O. The minimum Gasteiger partial charge on any atom is -0.369 e. The highest BCUT2D eigenvalue weighted by Gasteiger charge is 2.31. The maximum Gasteiger partial charge on any atom is 0.231 e. The highest BCUT2D eigenvalue weighted by molar-refractivity contribution is 5.85. The van der Waals surface area contributed by atoms with Crippen LogP contribution in [0.1, 0.15) is 6.42 Å². The summed E-state index contributed by atoms with van der Waals surface area (Å²) in [5.74, 6) is -0.393. The number of carbonyl (C=O) groups excluding carboxylic acids is 1. The molecule has 0 unspecified atom stereocenters. The van der Waals surface area contributed by atoms with Crippen molar-refractivity contribution in [3.05, 3.63) is 0 Å². The molecule has 0 saturated carbocycles. The number of halogens is 2. The summed E-state index contributed by atoms with van der Waals surface area (Å²) in [6, 6.07) is 0.104. The summed E-state index contributed by atoms with van der Waals surface area (Å²) in [5.41, 5.74) is 5.05. The van der Waals surface area contributed by atoms with Crippen LogP contribution in [0.4, 0.5) is 4.39 Å². The van der Waals surface area contributed by atoms with Gasteiger partial charge in [-0.3, -0.25) is 9.69 Å². The van der Waals surface area contributed by atoms with E-state index in [1.54, 1.807) is 4.90 Å². The Morgan fingerprint density at radius 1 is 1.71 bits per heavy atom. The minimum absolute atomic E-state index is 0. The topological polar surface area (TPSA) is 58.4 Å². The Morgan fingerprint density at radius 3 is 2.86 bits per heavy atom. The van der Waals surface area contributed by atoms with Gasteiger partial charge in [0.25, 0.3) is 0 Å². The van der Waals surface area contributed by atoms with Crippen LogP contribution in [-0.2, 0) is 4.79 Å². The molecule has 1 amide bonds. The van der Waals surface area contributed by atoms with Gasteiger partial charge in [0.05, 0.1) is 6.54 Å². The van der Waals surface area contributed by atoms with Gasteiger partial charge in [0.2, 0.25) is 5.91 Å². The molecule has 1 rings (SSSR count). The predicted octanol–water partition coefficient (Wildman–Crippen LogP) is -0.475. The molecule has 84 valence electrons. The quantitative estimate of drug-likeness (QED) is 0.680. The first-order valence-electron chi connectivity index (χ1n) is 4.44. The molecule has 0 aromatic carbocycles. The van der Waals surface area contributed by atoms with Gasteiger partial charge >= 0.3 is 0 Å². The average molecular weight is 226 g/mol. The van der Waals surface area contributed by atoms with E-state index in [4.69, 9.17) is 5.73 Å². The minimum atomic E-state index is -0.822. The van der Waals surface area contributed by atoms with Gasteiger partial charge < -0.3 is 11.1 Å². The number of nitrogens with zero attached hydrogens (tertiary/aromatic N) is 1. The molecule has 0 aromatic heterocycles. The largest absolute Gasteiger partial charge is 0.369 e. The van der Waals surface area contributed by atoms with Crippen molar-refractivity contribution in [3.8, 4) is 0 Å². The molecule has 1 aliphatic rings. The maximum atomic E-state index is 13.0. The van der Waals surface area contributed by atoms with E-state index in [9.17, 15) is 9.18 Å². The summed E-state index contributed by atoms with van der Waals surface area (Å²) in [6.07, 6.45) is -0.327. The fourth-order valence-corrected chi connectivity index (χ4v) is 1.76. The molecule has 1 aliphatic heterocycles. The first-order valence-corrected chi connectivity index (χ1v) is 4.44. The molecule has 0 bridgehead atoms. The van der Waals surface area contributed by atoms with E-state index in [-0.39, 0.29) is 25.0 Å². The molecule has 6 heteroatoms. The second-order valence-corrected chi connectivity index (χ2v) is 3.44. The Labute approximate surface area is 89.4 Å². The molecule has 3 N–H and O–H groups in total. The number of hydrogen-bond donors (Lipinski definition) is 2. The van der Waals surface area contributed by atoms with E-state index in [1.807, 2.05) is 7.05 Å². The Hall–Kier alpha value is -0.390. The van der Waals surface area contributed by atoms with Gasteiger partial charge in [-0.1, -0.05) is 0 Å². The van der Waals surface area contributed by atoms with Gasteiger partial charge in [0.1, 0.15) is 6.17 Å². The summed E-state index contributed by atoms with van der Waals surface area (Å²) in [5, 5.41) is 2.97. The Balaban J connectivity index is 0.00000169. The number of nitrogens with one attached hydrogen (secondary N) is 1. The van der Waals surface area contributed by atoms with Crippen LogP contribution in [0.3, 0.4) is 0 Å². The van der Waals surface area contributed by atoms with Crippen LogP contribution in [0.2, 0.25) is 0 Å².